The molecule has 1 aromatic carbocycles. The molecule has 1 aliphatic rings. The van der Waals surface area contributed by atoms with Gasteiger partial charge < -0.3 is 19.7 Å². The van der Waals surface area contributed by atoms with Gasteiger partial charge in [-0.1, -0.05) is 23.7 Å². The minimum Gasteiger partial charge on any atom is -0.367 e. The summed E-state index contributed by atoms with van der Waals surface area (Å²) in [5, 5.41) is 12.5. The molecule has 3 rings (SSSR count). The molecule has 0 amide bonds. The molecule has 142 valence electrons. The van der Waals surface area contributed by atoms with Crippen LogP contribution >= 0.6 is 35.6 Å². The maximum Gasteiger partial charge on any atom is 0.194 e. The third-order valence-electron chi connectivity index (χ3n) is 4.57. The first kappa shape index (κ1) is 20.8. The molecule has 0 bridgehead atoms. The number of piperazine rings is 1. The summed E-state index contributed by atoms with van der Waals surface area (Å²) in [6.07, 6.45) is 0. The van der Waals surface area contributed by atoms with Gasteiger partial charge in [0.25, 0.3) is 0 Å². The lowest BCUT2D eigenvalue weighted by molar-refractivity contribution is 0.372. The van der Waals surface area contributed by atoms with Crippen molar-refractivity contribution in [1.29, 1.82) is 0 Å². The number of halogens is 2. The molecular weight excluding hydrogens is 465 g/mol. The third-order valence-corrected chi connectivity index (χ3v) is 4.89. The van der Waals surface area contributed by atoms with Gasteiger partial charge in [-0.3, -0.25) is 4.99 Å². The molecule has 0 spiro atoms. The molecular formula is C17H25ClIN7. The van der Waals surface area contributed by atoms with Crippen LogP contribution in [0, 0.1) is 6.92 Å². The van der Waals surface area contributed by atoms with E-state index in [1.165, 1.54) is 0 Å². The second kappa shape index (κ2) is 9.40. The number of nitrogens with one attached hydrogen (secondary N) is 1. The number of aryl methyl sites for hydroxylation is 1. The van der Waals surface area contributed by atoms with E-state index in [1.54, 1.807) is 0 Å². The van der Waals surface area contributed by atoms with Gasteiger partial charge in [0.05, 0.1) is 17.3 Å². The van der Waals surface area contributed by atoms with E-state index < -0.39 is 0 Å². The van der Waals surface area contributed by atoms with Gasteiger partial charge in [0.1, 0.15) is 5.82 Å². The van der Waals surface area contributed by atoms with Crippen LogP contribution in [0.4, 0.5) is 5.69 Å². The minimum absolute atomic E-state index is 0. The van der Waals surface area contributed by atoms with Crippen molar-refractivity contribution >= 4 is 47.2 Å². The third kappa shape index (κ3) is 4.59. The molecule has 0 atom stereocenters. The maximum atomic E-state index is 6.31. The van der Waals surface area contributed by atoms with Crippen LogP contribution in [0.2, 0.25) is 5.02 Å². The molecule has 0 saturated carbocycles. The predicted molar refractivity (Wildman–Crippen MR) is 117 cm³/mol. The lowest BCUT2D eigenvalue weighted by Gasteiger charge is -2.38. The van der Waals surface area contributed by atoms with Crippen LogP contribution in [0.1, 0.15) is 11.6 Å². The van der Waals surface area contributed by atoms with Crippen LogP contribution in [0.5, 0.6) is 0 Å². The fraction of sp³-hybridized carbons (Fsp3) is 0.471. The Labute approximate surface area is 176 Å². The molecule has 1 aliphatic heterocycles. The average Bonchev–Trinajstić information content (AvgIpc) is 2.95. The maximum absolute atomic E-state index is 6.31. The number of guanidine groups is 1. The molecule has 9 heteroatoms. The summed E-state index contributed by atoms with van der Waals surface area (Å²) in [6, 6.07) is 7.99. The molecule has 1 aromatic heterocycles. The normalized spacial score (nSPS) is 15.0. The summed E-state index contributed by atoms with van der Waals surface area (Å²) in [5.74, 6) is 2.69. The van der Waals surface area contributed by atoms with E-state index in [4.69, 9.17) is 11.6 Å². The Hall–Kier alpha value is -1.55. The van der Waals surface area contributed by atoms with E-state index in [0.717, 1.165) is 54.5 Å². The smallest absolute Gasteiger partial charge is 0.194 e. The van der Waals surface area contributed by atoms with E-state index in [-0.39, 0.29) is 24.0 Å². The van der Waals surface area contributed by atoms with E-state index in [2.05, 4.69) is 36.4 Å². The topological polar surface area (TPSA) is 61.6 Å². The Balaban J connectivity index is 0.00000243. The van der Waals surface area contributed by atoms with Crippen LogP contribution in [0.15, 0.2) is 29.3 Å². The van der Waals surface area contributed by atoms with Gasteiger partial charge in [0, 0.05) is 40.3 Å². The van der Waals surface area contributed by atoms with Crippen molar-refractivity contribution in [2.24, 2.45) is 12.0 Å². The van der Waals surface area contributed by atoms with Crippen molar-refractivity contribution < 1.29 is 0 Å². The van der Waals surface area contributed by atoms with E-state index >= 15 is 0 Å². The largest absolute Gasteiger partial charge is 0.367 e. The zero-order chi connectivity index (χ0) is 17.8. The van der Waals surface area contributed by atoms with Crippen molar-refractivity contribution in [3.8, 4) is 0 Å². The van der Waals surface area contributed by atoms with Crippen LogP contribution in [0.25, 0.3) is 0 Å². The lowest BCUT2D eigenvalue weighted by atomic mass is 10.2. The highest BCUT2D eigenvalue weighted by molar-refractivity contribution is 14.0. The second-order valence-electron chi connectivity index (χ2n) is 6.05. The standard InChI is InChI=1S/C17H24ClN7.HI/c1-13-21-22-16(23(13)3)12-20-17(19-2)25-10-8-24(9-11-25)15-7-5-4-6-14(15)18;/h4-7H,8-12H2,1-3H3,(H,19,20);1H. The van der Waals surface area contributed by atoms with E-state index in [0.29, 0.717) is 6.54 Å². The number of nitrogens with zero attached hydrogens (tertiary/aromatic N) is 6. The van der Waals surface area contributed by atoms with Crippen LogP contribution in [-0.4, -0.2) is 58.9 Å². The van der Waals surface area contributed by atoms with Gasteiger partial charge in [-0.15, -0.1) is 34.2 Å². The summed E-state index contributed by atoms with van der Waals surface area (Å²) >= 11 is 6.31. The van der Waals surface area contributed by atoms with Crippen LogP contribution < -0.4 is 10.2 Å². The highest BCUT2D eigenvalue weighted by Gasteiger charge is 2.21. The quantitative estimate of drug-likeness (QED) is 0.407. The summed E-state index contributed by atoms with van der Waals surface area (Å²) in [5.41, 5.74) is 1.10. The number of hydrogen-bond donors (Lipinski definition) is 1. The zero-order valence-corrected chi connectivity index (χ0v) is 18.4. The molecule has 0 aliphatic carbocycles. The predicted octanol–water partition coefficient (Wildman–Crippen LogP) is 2.29. The fourth-order valence-electron chi connectivity index (χ4n) is 2.96. The monoisotopic (exact) mass is 489 g/mol. The molecule has 2 aromatic rings. The second-order valence-corrected chi connectivity index (χ2v) is 6.46. The first-order valence-electron chi connectivity index (χ1n) is 8.40. The number of para-hydroxylation sites is 1. The fourth-order valence-corrected chi connectivity index (χ4v) is 3.22. The number of aromatic nitrogens is 3. The van der Waals surface area contributed by atoms with E-state index in [1.807, 2.05) is 43.8 Å². The summed E-state index contributed by atoms with van der Waals surface area (Å²) in [7, 11) is 3.78. The summed E-state index contributed by atoms with van der Waals surface area (Å²) in [6.45, 7) is 6.15. The molecule has 1 N–H and O–H groups in total. The Morgan fingerprint density at radius 3 is 2.46 bits per heavy atom. The molecule has 0 radical (unpaired) electrons. The lowest BCUT2D eigenvalue weighted by Crippen LogP contribution is -2.52. The Kier molecular flexibility index (Phi) is 7.51. The average molecular weight is 490 g/mol. The molecule has 7 nitrogen and oxygen atoms in total. The van der Waals surface area contributed by atoms with Gasteiger partial charge in [-0.2, -0.15) is 0 Å². The Bertz CT molecular complexity index is 753. The number of aliphatic imine (C=N–C) groups is 1. The van der Waals surface area contributed by atoms with Crippen LogP contribution in [-0.2, 0) is 13.6 Å². The van der Waals surface area contributed by atoms with Crippen molar-refractivity contribution in [1.82, 2.24) is 25.0 Å². The van der Waals surface area contributed by atoms with Gasteiger partial charge >= 0.3 is 0 Å². The minimum atomic E-state index is 0. The van der Waals surface area contributed by atoms with Gasteiger partial charge in [0.15, 0.2) is 11.8 Å². The van der Waals surface area contributed by atoms with Crippen molar-refractivity contribution in [2.45, 2.75) is 13.5 Å². The van der Waals surface area contributed by atoms with Crippen molar-refractivity contribution in [2.75, 3.05) is 38.1 Å². The number of benzene rings is 1. The van der Waals surface area contributed by atoms with Gasteiger partial charge in [-0.05, 0) is 19.1 Å². The SMILES string of the molecule is CN=C(NCc1nnc(C)n1C)N1CCN(c2ccccc2Cl)CC1.I. The Morgan fingerprint density at radius 1 is 1.19 bits per heavy atom. The molecule has 0 unspecified atom stereocenters. The molecule has 26 heavy (non-hydrogen) atoms. The zero-order valence-electron chi connectivity index (χ0n) is 15.3. The highest BCUT2D eigenvalue weighted by Crippen LogP contribution is 2.25. The van der Waals surface area contributed by atoms with Crippen molar-refractivity contribution in [3.05, 3.63) is 40.9 Å². The van der Waals surface area contributed by atoms with Gasteiger partial charge in [0.2, 0.25) is 0 Å². The van der Waals surface area contributed by atoms with Crippen LogP contribution in [0.3, 0.4) is 0 Å². The first-order chi connectivity index (χ1) is 12.1. The molecule has 1 fully saturated rings. The summed E-state index contributed by atoms with van der Waals surface area (Å²) < 4.78 is 1.98. The number of rotatable bonds is 3. The molecule has 1 saturated heterocycles. The van der Waals surface area contributed by atoms with Crippen molar-refractivity contribution in [3.63, 3.8) is 0 Å². The highest BCUT2D eigenvalue weighted by atomic mass is 127. The number of hydrogen-bond acceptors (Lipinski definition) is 4. The van der Waals surface area contributed by atoms with Gasteiger partial charge in [-0.25, -0.2) is 0 Å². The molecule has 2 heterocycles. The van der Waals surface area contributed by atoms with E-state index in [9.17, 15) is 0 Å². The summed E-state index contributed by atoms with van der Waals surface area (Å²) in [4.78, 5) is 8.99. The number of anilines is 1. The Morgan fingerprint density at radius 2 is 1.88 bits per heavy atom. The first-order valence-corrected chi connectivity index (χ1v) is 8.78.